The first kappa shape index (κ1) is 16.4. The van der Waals surface area contributed by atoms with Crippen LogP contribution in [0.15, 0.2) is 0 Å². The zero-order valence-electron chi connectivity index (χ0n) is 14.5. The van der Waals surface area contributed by atoms with E-state index in [2.05, 4.69) is 56.4 Å². The third kappa shape index (κ3) is 3.72. The quantitative estimate of drug-likeness (QED) is 0.855. The topological polar surface area (TPSA) is 109 Å². The van der Waals surface area contributed by atoms with Crippen molar-refractivity contribution in [2.45, 2.75) is 40.2 Å². The van der Waals surface area contributed by atoms with Gasteiger partial charge in [-0.1, -0.05) is 26.0 Å². The number of carbonyl (C=O) groups is 1. The first-order chi connectivity index (χ1) is 11.3. The van der Waals surface area contributed by atoms with E-state index in [1.807, 2.05) is 0 Å². The molecule has 2 N–H and O–H groups in total. The summed E-state index contributed by atoms with van der Waals surface area (Å²) in [5, 5.41) is 13.6. The van der Waals surface area contributed by atoms with Crippen LogP contribution >= 0.6 is 0 Å². The van der Waals surface area contributed by atoms with E-state index in [-0.39, 0.29) is 17.4 Å². The molecule has 9 heteroatoms. The molecule has 1 aliphatic heterocycles. The van der Waals surface area contributed by atoms with Crippen molar-refractivity contribution in [1.29, 1.82) is 0 Å². The Morgan fingerprint density at radius 1 is 1.42 bits per heavy atom. The summed E-state index contributed by atoms with van der Waals surface area (Å²) in [5.74, 6) is 0.663. The van der Waals surface area contributed by atoms with Gasteiger partial charge >= 0.3 is 6.01 Å². The lowest BCUT2D eigenvalue weighted by molar-refractivity contribution is -0.119. The van der Waals surface area contributed by atoms with E-state index in [1.54, 1.807) is 0 Å². The molecular formula is C15H23N7O2. The van der Waals surface area contributed by atoms with Crippen molar-refractivity contribution < 1.29 is 9.53 Å². The summed E-state index contributed by atoms with van der Waals surface area (Å²) >= 11 is 0. The van der Waals surface area contributed by atoms with Crippen molar-refractivity contribution in [3.8, 4) is 6.01 Å². The van der Waals surface area contributed by atoms with Gasteiger partial charge in [0.2, 0.25) is 5.91 Å². The molecular weight excluding hydrogens is 310 g/mol. The van der Waals surface area contributed by atoms with Gasteiger partial charge in [-0.25, -0.2) is 5.10 Å². The van der Waals surface area contributed by atoms with Crippen LogP contribution in [-0.4, -0.2) is 57.0 Å². The second kappa shape index (κ2) is 6.21. The monoisotopic (exact) mass is 333 g/mol. The molecule has 2 aromatic heterocycles. The number of rotatable bonds is 4. The van der Waals surface area contributed by atoms with E-state index in [4.69, 9.17) is 4.74 Å². The smallest absolute Gasteiger partial charge is 0.320 e. The van der Waals surface area contributed by atoms with Gasteiger partial charge in [0, 0.05) is 26.1 Å². The summed E-state index contributed by atoms with van der Waals surface area (Å²) in [6.45, 7) is 9.75. The zero-order valence-corrected chi connectivity index (χ0v) is 14.5. The number of ether oxygens (including phenoxy) is 1. The summed E-state index contributed by atoms with van der Waals surface area (Å²) < 4.78 is 5.75. The van der Waals surface area contributed by atoms with Crippen molar-refractivity contribution in [2.24, 2.45) is 5.41 Å². The third-order valence-corrected chi connectivity index (χ3v) is 3.68. The number of nitrogens with zero attached hydrogens (tertiary/aromatic N) is 5. The molecule has 1 amide bonds. The molecule has 0 saturated carbocycles. The summed E-state index contributed by atoms with van der Waals surface area (Å²) in [6.07, 6.45) is 0.862. The summed E-state index contributed by atoms with van der Waals surface area (Å²) in [4.78, 5) is 22.2. The zero-order chi connectivity index (χ0) is 17.3. The minimum atomic E-state index is -0.0229. The number of nitrogens with one attached hydrogen (secondary N) is 2. The van der Waals surface area contributed by atoms with Crippen molar-refractivity contribution in [3.05, 3.63) is 0 Å². The second-order valence-corrected chi connectivity index (χ2v) is 7.32. The van der Waals surface area contributed by atoms with Gasteiger partial charge in [-0.2, -0.15) is 9.97 Å². The highest BCUT2D eigenvalue weighted by Crippen LogP contribution is 2.27. The number of aromatic nitrogens is 5. The fraction of sp³-hybridized carbons (Fsp3) is 0.667. The fourth-order valence-corrected chi connectivity index (χ4v) is 2.64. The first-order valence-electron chi connectivity index (χ1n) is 8.05. The first-order valence-corrected chi connectivity index (χ1v) is 8.05. The number of hydrogen-bond donors (Lipinski definition) is 2. The molecule has 0 spiro atoms. The SMILES string of the molecule is CC(=O)NC1CCN(c2nc(OCC(C)(C)C)nc3[nH]nnc23)C1. The normalized spacial score (nSPS) is 18.2. The minimum absolute atomic E-state index is 0.00879. The molecule has 1 fully saturated rings. The van der Waals surface area contributed by atoms with Gasteiger partial charge in [-0.3, -0.25) is 4.79 Å². The Morgan fingerprint density at radius 3 is 2.92 bits per heavy atom. The molecule has 3 heterocycles. The molecule has 9 nitrogen and oxygen atoms in total. The molecule has 0 aromatic carbocycles. The van der Waals surface area contributed by atoms with Crippen molar-refractivity contribution >= 4 is 22.9 Å². The molecule has 1 atom stereocenters. The highest BCUT2D eigenvalue weighted by molar-refractivity contribution is 5.83. The van der Waals surface area contributed by atoms with E-state index >= 15 is 0 Å². The van der Waals surface area contributed by atoms with E-state index in [9.17, 15) is 4.79 Å². The Kier molecular flexibility index (Phi) is 4.25. The number of fused-ring (bicyclic) bond motifs is 1. The predicted octanol–water partition coefficient (Wildman–Crippen LogP) is 0.888. The molecule has 3 rings (SSSR count). The van der Waals surface area contributed by atoms with Crippen molar-refractivity contribution in [2.75, 3.05) is 24.6 Å². The van der Waals surface area contributed by atoms with Gasteiger partial charge in [-0.05, 0) is 11.8 Å². The maximum atomic E-state index is 11.2. The van der Waals surface area contributed by atoms with Crippen LogP contribution in [0.4, 0.5) is 5.82 Å². The Labute approximate surface area is 140 Å². The molecule has 1 aliphatic rings. The maximum Gasteiger partial charge on any atom is 0.320 e. The van der Waals surface area contributed by atoms with Crippen LogP contribution in [0.25, 0.3) is 11.2 Å². The molecule has 0 bridgehead atoms. The van der Waals surface area contributed by atoms with Crippen LogP contribution in [0.1, 0.15) is 34.1 Å². The number of H-pyrrole nitrogens is 1. The molecule has 130 valence electrons. The average Bonchev–Trinajstić information content (AvgIpc) is 3.11. The van der Waals surface area contributed by atoms with Gasteiger partial charge in [0.05, 0.1) is 6.61 Å². The van der Waals surface area contributed by atoms with Crippen molar-refractivity contribution in [1.82, 2.24) is 30.7 Å². The van der Waals surface area contributed by atoms with E-state index in [0.29, 0.717) is 36.1 Å². The Morgan fingerprint density at radius 2 is 2.21 bits per heavy atom. The Bertz CT molecular complexity index is 737. The minimum Gasteiger partial charge on any atom is -0.463 e. The Hall–Kier alpha value is -2.45. The highest BCUT2D eigenvalue weighted by Gasteiger charge is 2.27. The van der Waals surface area contributed by atoms with Crippen LogP contribution in [0, 0.1) is 5.41 Å². The number of amides is 1. The molecule has 1 saturated heterocycles. The Balaban J connectivity index is 1.84. The van der Waals surface area contributed by atoms with Crippen molar-refractivity contribution in [3.63, 3.8) is 0 Å². The predicted molar refractivity (Wildman–Crippen MR) is 88.9 cm³/mol. The maximum absolute atomic E-state index is 11.2. The van der Waals surface area contributed by atoms with Crippen LogP contribution < -0.4 is 15.0 Å². The summed E-state index contributed by atoms with van der Waals surface area (Å²) in [5.41, 5.74) is 1.17. The second-order valence-electron chi connectivity index (χ2n) is 7.32. The van der Waals surface area contributed by atoms with Crippen LogP contribution in [0.3, 0.4) is 0 Å². The third-order valence-electron chi connectivity index (χ3n) is 3.68. The number of anilines is 1. The molecule has 2 aromatic rings. The lowest BCUT2D eigenvalue weighted by Crippen LogP contribution is -2.35. The van der Waals surface area contributed by atoms with Gasteiger partial charge in [0.15, 0.2) is 17.0 Å². The average molecular weight is 333 g/mol. The molecule has 0 aliphatic carbocycles. The standard InChI is InChI=1S/C15H23N7O2/c1-9(23)16-10-5-6-22(7-10)13-11-12(20-21-19-11)17-14(18-13)24-8-15(2,3)4/h10H,5-8H2,1-4H3,(H,16,23)(H,17,18,19,20,21). The van der Waals surface area contributed by atoms with Gasteiger partial charge in [0.25, 0.3) is 0 Å². The number of hydrogen-bond acceptors (Lipinski definition) is 7. The van der Waals surface area contributed by atoms with E-state index in [1.165, 1.54) is 6.92 Å². The largest absolute Gasteiger partial charge is 0.463 e. The van der Waals surface area contributed by atoms with E-state index < -0.39 is 0 Å². The van der Waals surface area contributed by atoms with Crippen LogP contribution in [0.5, 0.6) is 6.01 Å². The lowest BCUT2D eigenvalue weighted by atomic mass is 9.99. The summed E-state index contributed by atoms with van der Waals surface area (Å²) in [7, 11) is 0. The van der Waals surface area contributed by atoms with E-state index in [0.717, 1.165) is 13.0 Å². The summed E-state index contributed by atoms with van der Waals surface area (Å²) in [6, 6.07) is 0.416. The number of aromatic amines is 1. The molecule has 24 heavy (non-hydrogen) atoms. The van der Waals surface area contributed by atoms with Gasteiger partial charge in [0.1, 0.15) is 0 Å². The lowest BCUT2D eigenvalue weighted by Gasteiger charge is -2.20. The highest BCUT2D eigenvalue weighted by atomic mass is 16.5. The van der Waals surface area contributed by atoms with Crippen LogP contribution in [-0.2, 0) is 4.79 Å². The van der Waals surface area contributed by atoms with Gasteiger partial charge < -0.3 is 15.0 Å². The fourth-order valence-electron chi connectivity index (χ4n) is 2.64. The van der Waals surface area contributed by atoms with Gasteiger partial charge in [-0.15, -0.1) is 5.10 Å². The molecule has 0 radical (unpaired) electrons. The van der Waals surface area contributed by atoms with Crippen LogP contribution in [0.2, 0.25) is 0 Å². The number of carbonyl (C=O) groups excluding carboxylic acids is 1. The molecule has 1 unspecified atom stereocenters.